The highest BCUT2D eigenvalue weighted by molar-refractivity contribution is 5.75. The summed E-state index contributed by atoms with van der Waals surface area (Å²) in [4.78, 5) is 14.5. The van der Waals surface area contributed by atoms with Crippen LogP contribution in [0.4, 0.5) is 9.18 Å². The fraction of sp³-hybridized carbons (Fsp3) is 0.333. The SMILES string of the molecule is CCCNC(=O)N(CCOC)Cc1c(-c2ccccc2)nn(C)c1Oc1ccccc1F. The number of nitrogens with one attached hydrogen (secondary N) is 1. The van der Waals surface area contributed by atoms with E-state index < -0.39 is 5.82 Å². The number of halogens is 1. The number of benzene rings is 2. The van der Waals surface area contributed by atoms with Gasteiger partial charge in [0.15, 0.2) is 11.6 Å². The van der Waals surface area contributed by atoms with Gasteiger partial charge < -0.3 is 19.7 Å². The summed E-state index contributed by atoms with van der Waals surface area (Å²) in [5, 5.41) is 7.55. The van der Waals surface area contributed by atoms with E-state index >= 15 is 0 Å². The van der Waals surface area contributed by atoms with Crippen LogP contribution in [0.5, 0.6) is 11.6 Å². The molecular weight excluding hydrogens is 411 g/mol. The fourth-order valence-electron chi connectivity index (χ4n) is 3.27. The minimum Gasteiger partial charge on any atom is -0.436 e. The average molecular weight is 441 g/mol. The molecule has 0 bridgehead atoms. The van der Waals surface area contributed by atoms with Gasteiger partial charge in [-0.25, -0.2) is 13.9 Å². The molecule has 2 amide bonds. The summed E-state index contributed by atoms with van der Waals surface area (Å²) in [6.45, 7) is 3.55. The average Bonchev–Trinajstić information content (AvgIpc) is 3.11. The molecule has 0 aliphatic carbocycles. The van der Waals surface area contributed by atoms with Gasteiger partial charge in [0.2, 0.25) is 5.88 Å². The van der Waals surface area contributed by atoms with E-state index in [0.717, 1.165) is 12.0 Å². The number of para-hydroxylation sites is 1. The van der Waals surface area contributed by atoms with Crippen LogP contribution in [-0.4, -0.2) is 47.5 Å². The second-order valence-electron chi connectivity index (χ2n) is 7.30. The van der Waals surface area contributed by atoms with Crippen molar-refractivity contribution in [3.8, 4) is 22.9 Å². The standard InChI is InChI=1S/C24H29FN4O3/c1-4-14-26-24(30)29(15-16-31-3)17-19-22(18-10-6-5-7-11-18)27-28(2)23(19)32-21-13-9-8-12-20(21)25/h5-13H,4,14-17H2,1-3H3,(H,26,30). The number of aryl methyl sites for hydroxylation is 1. The maximum absolute atomic E-state index is 14.3. The summed E-state index contributed by atoms with van der Waals surface area (Å²) in [5.41, 5.74) is 2.23. The number of hydrogen-bond acceptors (Lipinski definition) is 4. The molecule has 1 aromatic heterocycles. The molecule has 0 unspecified atom stereocenters. The van der Waals surface area contributed by atoms with Crippen LogP contribution in [0.3, 0.4) is 0 Å². The topological polar surface area (TPSA) is 68.6 Å². The smallest absolute Gasteiger partial charge is 0.317 e. The highest BCUT2D eigenvalue weighted by atomic mass is 19.1. The van der Waals surface area contributed by atoms with Crippen LogP contribution in [0.15, 0.2) is 54.6 Å². The largest absolute Gasteiger partial charge is 0.436 e. The number of carbonyl (C=O) groups is 1. The molecule has 32 heavy (non-hydrogen) atoms. The zero-order chi connectivity index (χ0) is 22.9. The lowest BCUT2D eigenvalue weighted by Crippen LogP contribution is -2.41. The minimum atomic E-state index is -0.474. The highest BCUT2D eigenvalue weighted by Gasteiger charge is 2.24. The second-order valence-corrected chi connectivity index (χ2v) is 7.30. The number of amides is 2. The molecule has 0 fully saturated rings. The van der Waals surface area contributed by atoms with E-state index in [-0.39, 0.29) is 18.3 Å². The summed E-state index contributed by atoms with van der Waals surface area (Å²) < 4.78 is 27.1. The van der Waals surface area contributed by atoms with Gasteiger partial charge in [-0.05, 0) is 18.6 Å². The zero-order valence-electron chi connectivity index (χ0n) is 18.7. The van der Waals surface area contributed by atoms with Crippen molar-refractivity contribution in [2.75, 3.05) is 26.8 Å². The third kappa shape index (κ3) is 5.64. The van der Waals surface area contributed by atoms with Crippen LogP contribution < -0.4 is 10.1 Å². The van der Waals surface area contributed by atoms with Crippen molar-refractivity contribution in [3.63, 3.8) is 0 Å². The van der Waals surface area contributed by atoms with E-state index in [1.807, 2.05) is 37.3 Å². The van der Waals surface area contributed by atoms with Crippen LogP contribution in [0.1, 0.15) is 18.9 Å². The molecule has 0 saturated carbocycles. The Morgan fingerprint density at radius 2 is 1.88 bits per heavy atom. The predicted molar refractivity (Wildman–Crippen MR) is 121 cm³/mol. The summed E-state index contributed by atoms with van der Waals surface area (Å²) in [6, 6.07) is 15.6. The van der Waals surface area contributed by atoms with E-state index in [4.69, 9.17) is 9.47 Å². The van der Waals surface area contributed by atoms with Crippen LogP contribution in [0, 0.1) is 5.82 Å². The fourth-order valence-corrected chi connectivity index (χ4v) is 3.27. The first-order chi connectivity index (χ1) is 15.5. The number of rotatable bonds is 10. The van der Waals surface area contributed by atoms with E-state index in [2.05, 4.69) is 10.4 Å². The van der Waals surface area contributed by atoms with Crippen LogP contribution >= 0.6 is 0 Å². The van der Waals surface area contributed by atoms with Crippen molar-refractivity contribution < 1.29 is 18.7 Å². The molecule has 3 aromatic rings. The third-order valence-corrected chi connectivity index (χ3v) is 4.91. The predicted octanol–water partition coefficient (Wildman–Crippen LogP) is 4.59. The Bertz CT molecular complexity index is 1020. The second kappa shape index (κ2) is 11.3. The zero-order valence-corrected chi connectivity index (χ0v) is 18.7. The number of urea groups is 1. The molecule has 0 aliphatic heterocycles. The van der Waals surface area contributed by atoms with Crippen molar-refractivity contribution in [1.82, 2.24) is 20.0 Å². The molecule has 1 heterocycles. The lowest BCUT2D eigenvalue weighted by molar-refractivity contribution is 0.146. The van der Waals surface area contributed by atoms with E-state index in [1.165, 1.54) is 6.07 Å². The van der Waals surface area contributed by atoms with Crippen molar-refractivity contribution in [2.24, 2.45) is 7.05 Å². The first-order valence-electron chi connectivity index (χ1n) is 10.6. The first kappa shape index (κ1) is 23.3. The van der Waals surface area contributed by atoms with Gasteiger partial charge in [0, 0.05) is 32.8 Å². The van der Waals surface area contributed by atoms with Crippen LogP contribution in [0.2, 0.25) is 0 Å². The number of hydrogen-bond donors (Lipinski definition) is 1. The molecule has 0 spiro atoms. The number of aromatic nitrogens is 2. The third-order valence-electron chi connectivity index (χ3n) is 4.91. The quantitative estimate of drug-likeness (QED) is 0.501. The number of nitrogens with zero attached hydrogens (tertiary/aromatic N) is 3. The van der Waals surface area contributed by atoms with Crippen LogP contribution in [0.25, 0.3) is 11.3 Å². The molecule has 170 valence electrons. The molecule has 1 N–H and O–H groups in total. The summed E-state index contributed by atoms with van der Waals surface area (Å²) >= 11 is 0. The molecule has 8 heteroatoms. The molecule has 7 nitrogen and oxygen atoms in total. The van der Waals surface area contributed by atoms with Gasteiger partial charge >= 0.3 is 6.03 Å². The normalized spacial score (nSPS) is 10.8. The Morgan fingerprint density at radius 1 is 1.16 bits per heavy atom. The number of carbonyl (C=O) groups excluding carboxylic acids is 1. The first-order valence-corrected chi connectivity index (χ1v) is 10.6. The Labute approximate surface area is 187 Å². The molecule has 3 rings (SSSR count). The van der Waals surface area contributed by atoms with E-state index in [0.29, 0.717) is 36.8 Å². The summed E-state index contributed by atoms with van der Waals surface area (Å²) in [6.07, 6.45) is 0.827. The Kier molecular flexibility index (Phi) is 8.21. The molecule has 0 saturated heterocycles. The van der Waals surface area contributed by atoms with Crippen LogP contribution in [-0.2, 0) is 18.3 Å². The van der Waals surface area contributed by atoms with E-state index in [1.54, 1.807) is 41.9 Å². The maximum Gasteiger partial charge on any atom is 0.317 e. The Morgan fingerprint density at radius 3 is 2.56 bits per heavy atom. The lowest BCUT2D eigenvalue weighted by Gasteiger charge is -2.23. The number of ether oxygens (including phenoxy) is 2. The highest BCUT2D eigenvalue weighted by Crippen LogP contribution is 2.34. The van der Waals surface area contributed by atoms with Crippen molar-refractivity contribution in [2.45, 2.75) is 19.9 Å². The molecule has 0 atom stereocenters. The van der Waals surface area contributed by atoms with Gasteiger partial charge in [-0.15, -0.1) is 0 Å². The molecule has 2 aromatic carbocycles. The van der Waals surface area contributed by atoms with Gasteiger partial charge in [0.25, 0.3) is 0 Å². The summed E-state index contributed by atoms with van der Waals surface area (Å²) in [5.74, 6) is -0.00672. The summed E-state index contributed by atoms with van der Waals surface area (Å²) in [7, 11) is 3.33. The maximum atomic E-state index is 14.3. The van der Waals surface area contributed by atoms with Crippen molar-refractivity contribution >= 4 is 6.03 Å². The monoisotopic (exact) mass is 440 g/mol. The van der Waals surface area contributed by atoms with Gasteiger partial charge in [-0.3, -0.25) is 0 Å². The number of methoxy groups -OCH3 is 1. The minimum absolute atomic E-state index is 0.0928. The molecular formula is C24H29FN4O3. The van der Waals surface area contributed by atoms with Crippen molar-refractivity contribution in [3.05, 3.63) is 66.0 Å². The van der Waals surface area contributed by atoms with Crippen molar-refractivity contribution in [1.29, 1.82) is 0 Å². The molecule has 0 aliphatic rings. The Balaban J connectivity index is 2.03. The molecule has 0 radical (unpaired) electrons. The van der Waals surface area contributed by atoms with E-state index in [9.17, 15) is 9.18 Å². The Hall–Kier alpha value is -3.39. The van der Waals surface area contributed by atoms with Gasteiger partial charge in [-0.2, -0.15) is 5.10 Å². The van der Waals surface area contributed by atoms with Gasteiger partial charge in [0.05, 0.1) is 18.7 Å². The van der Waals surface area contributed by atoms with Gasteiger partial charge in [0.1, 0.15) is 5.69 Å². The lowest BCUT2D eigenvalue weighted by atomic mass is 10.1. The van der Waals surface area contributed by atoms with Gasteiger partial charge in [-0.1, -0.05) is 49.4 Å².